The molecular formula is C7H13PSn. The predicted molar refractivity (Wildman–Crippen MR) is 47.9 cm³/mol. The molecule has 0 aromatic carbocycles. The second kappa shape index (κ2) is 2.67. The van der Waals surface area contributed by atoms with Crippen molar-refractivity contribution in [2.45, 2.75) is 14.8 Å². The molecule has 0 amide bonds. The SMILES string of the molecule is [CH3][Sn]([CH3])([CH3])[p]1cccc1. The molecule has 1 rings (SSSR count). The molecule has 0 spiro atoms. The Bertz CT molecular complexity index is 171. The van der Waals surface area contributed by atoms with E-state index in [1.165, 1.54) is 0 Å². The summed E-state index contributed by atoms with van der Waals surface area (Å²) in [6, 6.07) is 4.40. The van der Waals surface area contributed by atoms with E-state index in [4.69, 9.17) is 0 Å². The van der Waals surface area contributed by atoms with Crippen molar-refractivity contribution in [1.29, 1.82) is 0 Å². The van der Waals surface area contributed by atoms with E-state index in [0.29, 0.717) is 0 Å². The van der Waals surface area contributed by atoms with Gasteiger partial charge in [-0.2, -0.15) is 0 Å². The van der Waals surface area contributed by atoms with Gasteiger partial charge in [-0.05, 0) is 0 Å². The average molecular weight is 247 g/mol. The van der Waals surface area contributed by atoms with Crippen molar-refractivity contribution in [3.05, 3.63) is 23.7 Å². The molecule has 0 aliphatic heterocycles. The van der Waals surface area contributed by atoms with Crippen LogP contribution < -0.4 is 0 Å². The van der Waals surface area contributed by atoms with Gasteiger partial charge in [0, 0.05) is 0 Å². The van der Waals surface area contributed by atoms with Gasteiger partial charge < -0.3 is 0 Å². The molecule has 1 aromatic heterocycles. The van der Waals surface area contributed by atoms with E-state index < -0.39 is 17.8 Å². The van der Waals surface area contributed by atoms with E-state index in [0.717, 1.165) is 0 Å². The third kappa shape index (κ3) is 2.01. The molecule has 0 bridgehead atoms. The third-order valence-corrected chi connectivity index (χ3v) is 19.7. The minimum atomic E-state index is -1.50. The van der Waals surface area contributed by atoms with Gasteiger partial charge in [0.2, 0.25) is 0 Å². The molecule has 0 radical (unpaired) electrons. The zero-order valence-corrected chi connectivity index (χ0v) is 10.0. The first-order chi connectivity index (χ1) is 4.11. The van der Waals surface area contributed by atoms with E-state index in [1.54, 1.807) is 0 Å². The minimum absolute atomic E-state index is 0.263. The molecule has 0 aliphatic rings. The van der Waals surface area contributed by atoms with Crippen molar-refractivity contribution in [2.24, 2.45) is 0 Å². The zero-order valence-electron chi connectivity index (χ0n) is 6.26. The molecule has 0 nitrogen and oxygen atoms in total. The summed E-state index contributed by atoms with van der Waals surface area (Å²) in [4.78, 5) is 7.50. The molecule has 0 saturated carbocycles. The maximum atomic E-state index is 2.50. The summed E-state index contributed by atoms with van der Waals surface area (Å²) in [6.45, 7) is 0. The fraction of sp³-hybridized carbons (Fsp3) is 0.429. The van der Waals surface area contributed by atoms with Gasteiger partial charge in [-0.1, -0.05) is 0 Å². The zero-order chi connectivity index (χ0) is 6.91. The Hall–Kier alpha value is 0.579. The summed E-state index contributed by atoms with van der Waals surface area (Å²) >= 11 is -1.50. The van der Waals surface area contributed by atoms with Crippen LogP contribution in [0.3, 0.4) is 0 Å². The van der Waals surface area contributed by atoms with Crippen LogP contribution in [0.1, 0.15) is 0 Å². The molecule has 0 atom stereocenters. The second-order valence-corrected chi connectivity index (χ2v) is 30.5. The standard InChI is InChI=1S/C4H4P.3CH3.Sn/c1-2-4-5-3-1;;;;/h1-4H;3*1H3;/q-1;;;;+1. The van der Waals surface area contributed by atoms with Gasteiger partial charge in [0.05, 0.1) is 0 Å². The number of hydrogen-bond acceptors (Lipinski definition) is 0. The summed E-state index contributed by atoms with van der Waals surface area (Å²) in [7, 11) is 0. The van der Waals surface area contributed by atoms with E-state index >= 15 is 0 Å². The Morgan fingerprint density at radius 1 is 1.00 bits per heavy atom. The molecule has 0 aliphatic carbocycles. The van der Waals surface area contributed by atoms with Crippen molar-refractivity contribution < 1.29 is 0 Å². The predicted octanol–water partition coefficient (Wildman–Crippen LogP) is 3.36. The van der Waals surface area contributed by atoms with Crippen molar-refractivity contribution in [1.82, 2.24) is 0 Å². The van der Waals surface area contributed by atoms with Crippen LogP contribution in [0.5, 0.6) is 0 Å². The number of hydrogen-bond donors (Lipinski definition) is 0. The topological polar surface area (TPSA) is 0 Å². The molecule has 9 heavy (non-hydrogen) atoms. The van der Waals surface area contributed by atoms with Crippen LogP contribution in [-0.2, 0) is 0 Å². The van der Waals surface area contributed by atoms with Crippen molar-refractivity contribution in [2.75, 3.05) is 0 Å². The van der Waals surface area contributed by atoms with Crippen LogP contribution in [-0.4, -0.2) is 17.8 Å². The van der Waals surface area contributed by atoms with Gasteiger partial charge in [-0.3, -0.25) is 0 Å². The van der Waals surface area contributed by atoms with Crippen LogP contribution in [0.2, 0.25) is 14.8 Å². The molecule has 0 fully saturated rings. The Kier molecular flexibility index (Phi) is 2.28. The van der Waals surface area contributed by atoms with E-state index in [1.807, 2.05) is 0 Å². The van der Waals surface area contributed by atoms with Crippen LogP contribution in [0.4, 0.5) is 0 Å². The summed E-state index contributed by atoms with van der Waals surface area (Å²) in [5.74, 6) is 4.82. The van der Waals surface area contributed by atoms with Gasteiger partial charge in [0.1, 0.15) is 0 Å². The Balaban J connectivity index is 2.90. The van der Waals surface area contributed by atoms with Crippen molar-refractivity contribution in [3.8, 4) is 0 Å². The first kappa shape index (κ1) is 7.68. The third-order valence-electron chi connectivity index (χ3n) is 1.38. The van der Waals surface area contributed by atoms with Crippen LogP contribution in [0, 0.1) is 0 Å². The molecule has 1 heterocycles. The van der Waals surface area contributed by atoms with Gasteiger partial charge >= 0.3 is 61.6 Å². The maximum absolute atomic E-state index is 2.50. The van der Waals surface area contributed by atoms with Crippen LogP contribution in [0.15, 0.2) is 23.7 Å². The van der Waals surface area contributed by atoms with Gasteiger partial charge in [0.25, 0.3) is 0 Å². The van der Waals surface area contributed by atoms with Crippen LogP contribution >= 0.6 is 5.19 Å². The van der Waals surface area contributed by atoms with E-state index in [-0.39, 0.29) is 5.19 Å². The van der Waals surface area contributed by atoms with Crippen molar-refractivity contribution >= 4 is 23.0 Å². The molecule has 2 heteroatoms. The fourth-order valence-electron chi connectivity index (χ4n) is 0.782. The summed E-state index contributed by atoms with van der Waals surface area (Å²) in [5.41, 5.74) is 0. The van der Waals surface area contributed by atoms with Gasteiger partial charge in [0.15, 0.2) is 0 Å². The van der Waals surface area contributed by atoms with E-state index in [9.17, 15) is 0 Å². The van der Waals surface area contributed by atoms with Gasteiger partial charge in [-0.25, -0.2) is 0 Å². The van der Waals surface area contributed by atoms with Gasteiger partial charge in [-0.15, -0.1) is 0 Å². The summed E-state index contributed by atoms with van der Waals surface area (Å²) in [5, 5.41) is 0.263. The normalized spacial score (nSPS) is 11.9. The molecule has 0 saturated heterocycles. The fourth-order valence-corrected chi connectivity index (χ4v) is 11.5. The summed E-state index contributed by atoms with van der Waals surface area (Å²) in [6.07, 6.45) is 0. The number of rotatable bonds is 1. The molecule has 50 valence electrons. The van der Waals surface area contributed by atoms with Crippen LogP contribution in [0.25, 0.3) is 0 Å². The Labute approximate surface area is 61.6 Å². The monoisotopic (exact) mass is 248 g/mol. The first-order valence-electron chi connectivity index (χ1n) is 3.24. The second-order valence-electron chi connectivity index (χ2n) is 3.26. The van der Waals surface area contributed by atoms with Crippen molar-refractivity contribution in [3.63, 3.8) is 0 Å². The molecule has 1 aromatic rings. The average Bonchev–Trinajstić information content (AvgIpc) is 2.08. The van der Waals surface area contributed by atoms with E-state index in [2.05, 4.69) is 38.5 Å². The first-order valence-corrected chi connectivity index (χ1v) is 17.1. The summed E-state index contributed by atoms with van der Waals surface area (Å²) < 4.78 is 0. The Morgan fingerprint density at radius 2 is 1.44 bits per heavy atom. The quantitative estimate of drug-likeness (QED) is 0.667. The Morgan fingerprint density at radius 3 is 1.67 bits per heavy atom. The molecular weight excluding hydrogens is 234 g/mol. The molecule has 0 N–H and O–H groups in total. The molecule has 0 unspecified atom stereocenters.